The molecule has 0 aromatic rings. The van der Waals surface area contributed by atoms with Gasteiger partial charge >= 0.3 is 6.03 Å². The zero-order valence-electron chi connectivity index (χ0n) is 18.9. The van der Waals surface area contributed by atoms with E-state index in [4.69, 9.17) is 5.73 Å². The van der Waals surface area contributed by atoms with Crippen LogP contribution in [0.3, 0.4) is 0 Å². The second-order valence-electron chi connectivity index (χ2n) is 10.1. The fourth-order valence-electron chi connectivity index (χ4n) is 5.90. The lowest BCUT2D eigenvalue weighted by Crippen LogP contribution is -2.48. The number of hydrogen-bond donors (Lipinski definition) is 2. The van der Waals surface area contributed by atoms with Gasteiger partial charge in [0.25, 0.3) is 0 Å². The van der Waals surface area contributed by atoms with E-state index in [0.717, 1.165) is 30.9 Å². The molecular formula is C24H41N3O. The molecule has 3 atom stereocenters. The molecule has 1 saturated carbocycles. The van der Waals surface area contributed by atoms with Crippen molar-refractivity contribution in [2.75, 3.05) is 0 Å². The summed E-state index contributed by atoms with van der Waals surface area (Å²) in [6.45, 7) is 14.1. The molecule has 0 heterocycles. The van der Waals surface area contributed by atoms with Gasteiger partial charge in [-0.3, -0.25) is 0 Å². The van der Waals surface area contributed by atoms with Crippen molar-refractivity contribution in [3.05, 3.63) is 23.3 Å². The second kappa shape index (κ2) is 9.28. The molecule has 0 aliphatic heterocycles. The molecule has 4 heteroatoms. The first-order chi connectivity index (χ1) is 13.1. The Bertz CT molecular complexity index is 659. The van der Waals surface area contributed by atoms with Gasteiger partial charge in [-0.25, -0.2) is 10.2 Å². The van der Waals surface area contributed by atoms with Crippen LogP contribution < -0.4 is 11.2 Å². The molecule has 0 aromatic heterocycles. The number of nitrogens with two attached hydrogens (primary N) is 1. The molecule has 2 amide bonds. The Balaban J connectivity index is 1.95. The van der Waals surface area contributed by atoms with E-state index in [1.165, 1.54) is 37.7 Å². The van der Waals surface area contributed by atoms with Crippen LogP contribution in [0.15, 0.2) is 28.4 Å². The first-order valence-electron chi connectivity index (χ1n) is 11.0. The van der Waals surface area contributed by atoms with Crippen LogP contribution in [-0.2, 0) is 0 Å². The van der Waals surface area contributed by atoms with Crippen molar-refractivity contribution >= 4 is 11.7 Å². The van der Waals surface area contributed by atoms with Gasteiger partial charge in [-0.2, -0.15) is 5.10 Å². The summed E-state index contributed by atoms with van der Waals surface area (Å²) >= 11 is 0. The van der Waals surface area contributed by atoms with Crippen molar-refractivity contribution in [3.63, 3.8) is 0 Å². The van der Waals surface area contributed by atoms with Gasteiger partial charge < -0.3 is 5.73 Å². The minimum atomic E-state index is -0.611. The van der Waals surface area contributed by atoms with E-state index in [-0.39, 0.29) is 0 Å². The zero-order chi connectivity index (χ0) is 20.9. The van der Waals surface area contributed by atoms with Gasteiger partial charge in [0, 0.05) is 5.71 Å². The highest BCUT2D eigenvalue weighted by atomic mass is 16.2. The molecule has 1 fully saturated rings. The molecule has 158 valence electrons. The quantitative estimate of drug-likeness (QED) is 0.299. The predicted molar refractivity (Wildman–Crippen MR) is 119 cm³/mol. The molecule has 2 rings (SSSR count). The molecule has 2 aliphatic rings. The fourth-order valence-corrected chi connectivity index (χ4v) is 5.90. The molecule has 28 heavy (non-hydrogen) atoms. The number of carbonyl (C=O) groups is 1. The summed E-state index contributed by atoms with van der Waals surface area (Å²) in [5.74, 6) is 1.51. The second-order valence-corrected chi connectivity index (χ2v) is 10.1. The number of amides is 2. The van der Waals surface area contributed by atoms with E-state index >= 15 is 0 Å². The number of nitrogens with zero attached hydrogens (tertiary/aromatic N) is 1. The van der Waals surface area contributed by atoms with Crippen LogP contribution in [0.1, 0.15) is 92.9 Å². The van der Waals surface area contributed by atoms with Crippen LogP contribution in [-0.4, -0.2) is 11.7 Å². The SMILES string of the molecule is CC1=CC[C@@H]2C(C)(C)CCC[C@]2(C)[C@H]1CC/C(C)=C/CC/C(C)=N\NC(N)=O. The average Bonchev–Trinajstić information content (AvgIpc) is 2.58. The van der Waals surface area contributed by atoms with Crippen LogP contribution in [0.25, 0.3) is 0 Å². The highest BCUT2D eigenvalue weighted by molar-refractivity contribution is 5.83. The number of hydrazone groups is 1. The molecule has 0 aromatic carbocycles. The van der Waals surface area contributed by atoms with Gasteiger partial charge in [0.15, 0.2) is 0 Å². The number of hydrogen-bond acceptors (Lipinski definition) is 2. The topological polar surface area (TPSA) is 67.5 Å². The number of rotatable bonds is 7. The highest BCUT2D eigenvalue weighted by Crippen LogP contribution is 2.60. The Morgan fingerprint density at radius 2 is 2.00 bits per heavy atom. The molecular weight excluding hydrogens is 346 g/mol. The number of fused-ring (bicyclic) bond motifs is 1. The van der Waals surface area contributed by atoms with Crippen molar-refractivity contribution in [1.29, 1.82) is 0 Å². The van der Waals surface area contributed by atoms with E-state index in [1.54, 1.807) is 5.57 Å². The molecule has 4 nitrogen and oxygen atoms in total. The summed E-state index contributed by atoms with van der Waals surface area (Å²) < 4.78 is 0. The van der Waals surface area contributed by atoms with E-state index in [0.29, 0.717) is 16.7 Å². The highest BCUT2D eigenvalue weighted by Gasteiger charge is 2.51. The van der Waals surface area contributed by atoms with Crippen LogP contribution >= 0.6 is 0 Å². The molecule has 3 N–H and O–H groups in total. The van der Waals surface area contributed by atoms with Crippen molar-refractivity contribution in [3.8, 4) is 0 Å². The monoisotopic (exact) mass is 387 g/mol. The normalized spacial score (nSPS) is 30.4. The molecule has 2 aliphatic carbocycles. The maximum absolute atomic E-state index is 10.7. The Hall–Kier alpha value is -1.58. The van der Waals surface area contributed by atoms with Crippen molar-refractivity contribution < 1.29 is 4.79 Å². The summed E-state index contributed by atoms with van der Waals surface area (Å²) in [5, 5.41) is 3.97. The number of nitrogens with one attached hydrogen (secondary N) is 1. The van der Waals surface area contributed by atoms with Crippen molar-refractivity contribution in [2.45, 2.75) is 92.9 Å². The summed E-state index contributed by atoms with van der Waals surface area (Å²) in [6.07, 6.45) is 14.5. The van der Waals surface area contributed by atoms with Crippen LogP contribution in [0, 0.1) is 22.7 Å². The number of allylic oxidation sites excluding steroid dienone is 4. The van der Waals surface area contributed by atoms with Gasteiger partial charge in [0.1, 0.15) is 0 Å². The van der Waals surface area contributed by atoms with Gasteiger partial charge in [-0.1, -0.05) is 50.5 Å². The van der Waals surface area contributed by atoms with E-state index in [1.807, 2.05) is 6.92 Å². The smallest absolute Gasteiger partial charge is 0.332 e. The maximum atomic E-state index is 10.7. The lowest BCUT2D eigenvalue weighted by Gasteiger charge is -2.57. The summed E-state index contributed by atoms with van der Waals surface area (Å²) in [6, 6.07) is -0.611. The molecule has 0 spiro atoms. The van der Waals surface area contributed by atoms with Crippen molar-refractivity contribution in [1.82, 2.24) is 5.43 Å². The van der Waals surface area contributed by atoms with Crippen molar-refractivity contribution in [2.24, 2.45) is 33.5 Å². The minimum absolute atomic E-state index is 0.449. The van der Waals surface area contributed by atoms with Crippen LogP contribution in [0.2, 0.25) is 0 Å². The third-order valence-corrected chi connectivity index (χ3v) is 7.48. The summed E-state index contributed by atoms with van der Waals surface area (Å²) in [4.78, 5) is 10.7. The Morgan fingerprint density at radius 1 is 1.29 bits per heavy atom. The van der Waals surface area contributed by atoms with E-state index in [9.17, 15) is 4.79 Å². The number of urea groups is 1. The van der Waals surface area contributed by atoms with Gasteiger partial charge in [0.05, 0.1) is 0 Å². The fraction of sp³-hybridized carbons (Fsp3) is 0.750. The lowest BCUT2D eigenvalue weighted by atomic mass is 9.48. The molecule has 0 radical (unpaired) electrons. The maximum Gasteiger partial charge on any atom is 0.332 e. The third kappa shape index (κ3) is 5.48. The van der Waals surface area contributed by atoms with E-state index < -0.39 is 6.03 Å². The number of primary amides is 1. The third-order valence-electron chi connectivity index (χ3n) is 7.48. The van der Waals surface area contributed by atoms with Gasteiger partial charge in [0.2, 0.25) is 0 Å². The zero-order valence-corrected chi connectivity index (χ0v) is 18.9. The predicted octanol–water partition coefficient (Wildman–Crippen LogP) is 6.34. The van der Waals surface area contributed by atoms with Gasteiger partial charge in [-0.05, 0) is 88.4 Å². The minimum Gasteiger partial charge on any atom is -0.350 e. The Kier molecular flexibility index (Phi) is 7.52. The number of carbonyl (C=O) groups excluding carboxylic acids is 1. The molecule has 0 unspecified atom stereocenters. The largest absolute Gasteiger partial charge is 0.350 e. The Labute approximate surface area is 172 Å². The molecule has 0 bridgehead atoms. The lowest BCUT2D eigenvalue weighted by molar-refractivity contribution is -0.0390. The van der Waals surface area contributed by atoms with Crippen LogP contribution in [0.5, 0.6) is 0 Å². The standard InChI is InChI=1S/C24H41N3O/c1-17(9-7-10-19(3)26-27-22(25)28)11-13-20-18(2)12-14-21-23(4,5)15-8-16-24(20,21)6/h9,12,20-21H,7-8,10-11,13-16H2,1-6H3,(H3,25,27,28)/b17-9+,26-19-/t20-,21+,24+/m0/s1. The summed E-state index contributed by atoms with van der Waals surface area (Å²) in [7, 11) is 0. The Morgan fingerprint density at radius 3 is 2.68 bits per heavy atom. The van der Waals surface area contributed by atoms with Crippen LogP contribution in [0.4, 0.5) is 4.79 Å². The first-order valence-corrected chi connectivity index (χ1v) is 11.0. The average molecular weight is 388 g/mol. The van der Waals surface area contributed by atoms with Gasteiger partial charge in [-0.15, -0.1) is 0 Å². The molecule has 0 saturated heterocycles. The summed E-state index contributed by atoms with van der Waals surface area (Å²) in [5.41, 5.74) is 12.2. The first kappa shape index (κ1) is 22.7. The van der Waals surface area contributed by atoms with E-state index in [2.05, 4.69) is 57.3 Å².